The zero-order valence-corrected chi connectivity index (χ0v) is 19.6. The van der Waals surface area contributed by atoms with E-state index in [0.29, 0.717) is 10.6 Å². The molecule has 0 spiro atoms. The molecule has 1 unspecified atom stereocenters. The van der Waals surface area contributed by atoms with Crippen LogP contribution in [0.4, 0.5) is 5.69 Å². The molecule has 0 aliphatic heterocycles. The van der Waals surface area contributed by atoms with Crippen molar-refractivity contribution in [3.63, 3.8) is 0 Å². The van der Waals surface area contributed by atoms with Crippen LogP contribution in [0.25, 0.3) is 0 Å². The number of carboxylic acid groups (broad SMARTS) is 1. The van der Waals surface area contributed by atoms with Gasteiger partial charge in [-0.15, -0.1) is 11.3 Å². The van der Waals surface area contributed by atoms with Crippen LogP contribution in [-0.2, 0) is 4.52 Å². The number of phenolic OH excluding ortho intramolecular Hbond substituents is 1. The van der Waals surface area contributed by atoms with Gasteiger partial charge in [0.1, 0.15) is 10.6 Å². The predicted molar refractivity (Wildman–Crippen MR) is 122 cm³/mol. The van der Waals surface area contributed by atoms with Crippen molar-refractivity contribution in [1.82, 2.24) is 0 Å². The highest BCUT2D eigenvalue weighted by atomic mass is 32.1. The van der Waals surface area contributed by atoms with E-state index in [2.05, 4.69) is 11.8 Å². The Kier molecular flexibility index (Phi) is 7.35. The molecule has 1 heterocycles. The molecular formula is C22H28NO4PS. The van der Waals surface area contributed by atoms with Gasteiger partial charge in [0.15, 0.2) is 8.30 Å². The Hall–Kier alpha value is -2.06. The molecule has 1 aromatic heterocycles. The van der Waals surface area contributed by atoms with Crippen molar-refractivity contribution in [2.75, 3.05) is 11.8 Å². The fraction of sp³-hybridized carbons (Fsp3) is 0.409. The largest absolute Gasteiger partial charge is 0.508 e. The second-order valence-electron chi connectivity index (χ2n) is 7.99. The first-order valence-electron chi connectivity index (χ1n) is 9.28. The standard InChI is InChI=1S/C22H28NO4PS/c1-14(2)23(28(27-7)19-9-8-16(24)12-15(19)3)18-13-17(10-11-22(4,5)6)29-20(18)21(25)26/h8-9,12-14,24H,1-7H3,(H,25,26). The summed E-state index contributed by atoms with van der Waals surface area (Å²) >= 11 is 1.18. The molecule has 1 atom stereocenters. The lowest BCUT2D eigenvalue weighted by molar-refractivity contribution is 0.0703. The van der Waals surface area contributed by atoms with Crippen molar-refractivity contribution in [1.29, 1.82) is 0 Å². The fourth-order valence-corrected chi connectivity index (χ4v) is 5.61. The van der Waals surface area contributed by atoms with Crippen molar-refractivity contribution in [3.8, 4) is 17.6 Å². The van der Waals surface area contributed by atoms with Crippen LogP contribution in [-0.4, -0.2) is 29.3 Å². The summed E-state index contributed by atoms with van der Waals surface area (Å²) in [6, 6.07) is 6.99. The molecule has 0 aliphatic carbocycles. The first kappa shape index (κ1) is 23.2. The minimum atomic E-state index is -1.31. The van der Waals surface area contributed by atoms with Gasteiger partial charge in [0, 0.05) is 23.9 Å². The molecule has 29 heavy (non-hydrogen) atoms. The highest BCUT2D eigenvalue weighted by molar-refractivity contribution is 7.62. The number of aryl methyl sites for hydroxylation is 1. The van der Waals surface area contributed by atoms with E-state index in [0.717, 1.165) is 10.9 Å². The van der Waals surface area contributed by atoms with Crippen molar-refractivity contribution < 1.29 is 19.5 Å². The van der Waals surface area contributed by atoms with Crippen molar-refractivity contribution >= 4 is 36.6 Å². The number of aromatic hydroxyl groups is 1. The number of aromatic carboxylic acids is 1. The van der Waals surface area contributed by atoms with Gasteiger partial charge in [0.2, 0.25) is 0 Å². The van der Waals surface area contributed by atoms with Gasteiger partial charge in [-0.05, 0) is 71.4 Å². The van der Waals surface area contributed by atoms with Crippen LogP contribution in [0, 0.1) is 24.2 Å². The Morgan fingerprint density at radius 2 is 1.93 bits per heavy atom. The Morgan fingerprint density at radius 1 is 1.28 bits per heavy atom. The minimum Gasteiger partial charge on any atom is -0.508 e. The topological polar surface area (TPSA) is 70.0 Å². The second-order valence-corrected chi connectivity index (χ2v) is 10.9. The van der Waals surface area contributed by atoms with Crippen LogP contribution >= 0.6 is 19.6 Å². The number of carbonyl (C=O) groups is 1. The zero-order chi connectivity index (χ0) is 21.9. The molecule has 0 amide bonds. The molecule has 156 valence electrons. The van der Waals surface area contributed by atoms with E-state index in [4.69, 9.17) is 4.52 Å². The normalized spacial score (nSPS) is 12.4. The molecular weight excluding hydrogens is 405 g/mol. The van der Waals surface area contributed by atoms with E-state index < -0.39 is 14.3 Å². The highest BCUT2D eigenvalue weighted by Crippen LogP contribution is 2.48. The summed E-state index contributed by atoms with van der Waals surface area (Å²) < 4.78 is 7.89. The lowest BCUT2D eigenvalue weighted by Crippen LogP contribution is -2.31. The summed E-state index contributed by atoms with van der Waals surface area (Å²) in [5, 5.41) is 20.5. The van der Waals surface area contributed by atoms with Gasteiger partial charge < -0.3 is 19.4 Å². The van der Waals surface area contributed by atoms with E-state index >= 15 is 0 Å². The summed E-state index contributed by atoms with van der Waals surface area (Å²) in [7, 11) is 0.317. The second kappa shape index (κ2) is 9.17. The van der Waals surface area contributed by atoms with Crippen LogP contribution < -0.4 is 9.97 Å². The van der Waals surface area contributed by atoms with Gasteiger partial charge in [0.05, 0.1) is 10.6 Å². The first-order chi connectivity index (χ1) is 13.4. The van der Waals surface area contributed by atoms with Gasteiger partial charge in [-0.3, -0.25) is 0 Å². The van der Waals surface area contributed by atoms with E-state index in [1.807, 2.05) is 58.3 Å². The first-order valence-corrected chi connectivity index (χ1v) is 11.3. The molecule has 0 saturated carbocycles. The maximum Gasteiger partial charge on any atom is 0.348 e. The number of rotatable bonds is 6. The van der Waals surface area contributed by atoms with Crippen LogP contribution in [0.5, 0.6) is 5.75 Å². The molecule has 2 N–H and O–H groups in total. The molecule has 0 fully saturated rings. The summed E-state index contributed by atoms with van der Waals surface area (Å²) in [4.78, 5) is 13.0. The lowest BCUT2D eigenvalue weighted by Gasteiger charge is -2.35. The Bertz CT molecular complexity index is 950. The van der Waals surface area contributed by atoms with Gasteiger partial charge in [-0.2, -0.15) is 0 Å². The molecule has 2 rings (SSSR count). The van der Waals surface area contributed by atoms with Crippen molar-refractivity contribution in [3.05, 3.63) is 39.6 Å². The molecule has 5 nitrogen and oxygen atoms in total. The summed E-state index contributed by atoms with van der Waals surface area (Å²) in [6.07, 6.45) is 0. The average molecular weight is 434 g/mol. The molecule has 0 bridgehead atoms. The lowest BCUT2D eigenvalue weighted by atomic mass is 9.98. The van der Waals surface area contributed by atoms with E-state index in [1.54, 1.807) is 19.2 Å². The number of phenols is 1. The summed E-state index contributed by atoms with van der Waals surface area (Å²) in [5.41, 5.74) is 1.33. The Morgan fingerprint density at radius 3 is 2.41 bits per heavy atom. The number of anilines is 1. The van der Waals surface area contributed by atoms with E-state index in [9.17, 15) is 15.0 Å². The van der Waals surface area contributed by atoms with Crippen LogP contribution in [0.3, 0.4) is 0 Å². The Labute approximate surface area is 178 Å². The number of nitrogens with zero attached hydrogens (tertiary/aromatic N) is 1. The smallest absolute Gasteiger partial charge is 0.348 e. The Balaban J connectivity index is 2.62. The summed E-state index contributed by atoms with van der Waals surface area (Å²) in [5.74, 6) is 5.50. The number of hydrogen-bond donors (Lipinski definition) is 2. The minimum absolute atomic E-state index is 0.00890. The summed E-state index contributed by atoms with van der Waals surface area (Å²) in [6.45, 7) is 12.0. The fourth-order valence-electron chi connectivity index (χ4n) is 2.76. The molecule has 0 aliphatic rings. The van der Waals surface area contributed by atoms with E-state index in [-0.39, 0.29) is 22.1 Å². The number of benzene rings is 1. The maximum atomic E-state index is 12.0. The third kappa shape index (κ3) is 5.73. The zero-order valence-electron chi connectivity index (χ0n) is 17.9. The average Bonchev–Trinajstić information content (AvgIpc) is 3.01. The number of thiophene rings is 1. The van der Waals surface area contributed by atoms with Crippen molar-refractivity contribution in [2.45, 2.75) is 47.6 Å². The maximum absolute atomic E-state index is 12.0. The molecule has 2 aromatic rings. The molecule has 7 heteroatoms. The van der Waals surface area contributed by atoms with Gasteiger partial charge >= 0.3 is 5.97 Å². The third-order valence-corrected chi connectivity index (χ3v) is 7.31. The van der Waals surface area contributed by atoms with Crippen LogP contribution in [0.1, 0.15) is 54.7 Å². The van der Waals surface area contributed by atoms with Crippen LogP contribution in [0.2, 0.25) is 0 Å². The van der Waals surface area contributed by atoms with E-state index in [1.165, 1.54) is 11.3 Å². The van der Waals surface area contributed by atoms with Gasteiger partial charge in [0.25, 0.3) is 0 Å². The highest BCUT2D eigenvalue weighted by Gasteiger charge is 2.30. The molecule has 0 saturated heterocycles. The van der Waals surface area contributed by atoms with Gasteiger partial charge in [-0.25, -0.2) is 4.79 Å². The number of carboxylic acids is 1. The van der Waals surface area contributed by atoms with Crippen molar-refractivity contribution in [2.24, 2.45) is 5.41 Å². The monoisotopic (exact) mass is 433 g/mol. The SMILES string of the molecule is COP(c1ccc(O)cc1C)N(c1cc(C#CC(C)(C)C)sc1C(=O)O)C(C)C. The van der Waals surface area contributed by atoms with Gasteiger partial charge in [-0.1, -0.05) is 11.8 Å². The molecule has 1 aromatic carbocycles. The quantitative estimate of drug-likeness (QED) is 0.474. The molecule has 0 radical (unpaired) electrons. The number of hydrogen-bond acceptors (Lipinski definition) is 5. The third-order valence-electron chi connectivity index (χ3n) is 3.96. The van der Waals surface area contributed by atoms with Crippen LogP contribution in [0.15, 0.2) is 24.3 Å². The predicted octanol–water partition coefficient (Wildman–Crippen LogP) is 5.36.